The van der Waals surface area contributed by atoms with Gasteiger partial charge in [0.25, 0.3) is 0 Å². The van der Waals surface area contributed by atoms with Crippen molar-refractivity contribution >= 4 is 11.6 Å². The fraction of sp³-hybridized carbons (Fsp3) is 0.438. The fourth-order valence-corrected chi connectivity index (χ4v) is 3.26. The Morgan fingerprint density at radius 3 is 2.86 bits per heavy atom. The summed E-state index contributed by atoms with van der Waals surface area (Å²) < 4.78 is 1.76. The predicted molar refractivity (Wildman–Crippen MR) is 85.0 cm³/mol. The molecule has 22 heavy (non-hydrogen) atoms. The van der Waals surface area contributed by atoms with E-state index in [9.17, 15) is 10.1 Å². The number of nitro groups is 1. The number of imidazole rings is 1. The predicted octanol–water partition coefficient (Wildman–Crippen LogP) is 2.93. The van der Waals surface area contributed by atoms with E-state index in [0.29, 0.717) is 11.9 Å². The third-order valence-corrected chi connectivity index (χ3v) is 4.32. The van der Waals surface area contributed by atoms with Crippen LogP contribution in [0.3, 0.4) is 0 Å². The van der Waals surface area contributed by atoms with Gasteiger partial charge in [-0.1, -0.05) is 30.3 Å². The Morgan fingerprint density at radius 1 is 1.36 bits per heavy atom. The van der Waals surface area contributed by atoms with Crippen molar-refractivity contribution in [1.29, 1.82) is 0 Å². The highest BCUT2D eigenvalue weighted by Gasteiger charge is 2.33. The molecule has 1 aliphatic heterocycles. The van der Waals surface area contributed by atoms with Crippen molar-refractivity contribution in [3.63, 3.8) is 0 Å². The lowest BCUT2D eigenvalue weighted by molar-refractivity contribution is -0.388. The molecule has 2 aromatic rings. The first-order valence-electron chi connectivity index (χ1n) is 7.63. The summed E-state index contributed by atoms with van der Waals surface area (Å²) in [6.07, 6.45) is 5.68. The van der Waals surface area contributed by atoms with Gasteiger partial charge in [0, 0.05) is 19.6 Å². The van der Waals surface area contributed by atoms with Crippen LogP contribution in [0.2, 0.25) is 0 Å². The van der Waals surface area contributed by atoms with Crippen LogP contribution < -0.4 is 4.90 Å². The minimum atomic E-state index is -0.387. The molecule has 116 valence electrons. The van der Waals surface area contributed by atoms with Crippen LogP contribution in [-0.4, -0.2) is 27.1 Å². The van der Waals surface area contributed by atoms with Gasteiger partial charge in [0.2, 0.25) is 12.1 Å². The number of rotatable bonds is 5. The van der Waals surface area contributed by atoms with Gasteiger partial charge in [0.05, 0.1) is 0 Å². The first kappa shape index (κ1) is 14.6. The third-order valence-electron chi connectivity index (χ3n) is 4.32. The molecule has 1 aromatic carbocycles. The molecule has 0 aliphatic carbocycles. The molecule has 0 amide bonds. The largest absolute Gasteiger partial charge is 0.406 e. The van der Waals surface area contributed by atoms with Crippen molar-refractivity contribution < 1.29 is 4.92 Å². The lowest BCUT2D eigenvalue weighted by Gasteiger charge is -2.25. The number of hydrogen-bond donors (Lipinski definition) is 0. The summed E-state index contributed by atoms with van der Waals surface area (Å²) in [5.74, 6) is 0.606. The molecular weight excluding hydrogens is 280 g/mol. The maximum atomic E-state index is 11.2. The molecule has 0 N–H and O–H groups in total. The van der Waals surface area contributed by atoms with Gasteiger partial charge >= 0.3 is 5.82 Å². The number of hydrogen-bond acceptors (Lipinski definition) is 4. The zero-order chi connectivity index (χ0) is 15.5. The molecule has 0 radical (unpaired) electrons. The molecular formula is C16H20N4O2. The highest BCUT2D eigenvalue weighted by Crippen LogP contribution is 2.33. The lowest BCUT2D eigenvalue weighted by atomic mass is 10.0. The summed E-state index contributed by atoms with van der Waals surface area (Å²) in [6, 6.07) is 10.7. The van der Waals surface area contributed by atoms with Crippen molar-refractivity contribution in [2.24, 2.45) is 7.05 Å². The maximum absolute atomic E-state index is 11.2. The van der Waals surface area contributed by atoms with Gasteiger partial charge in [-0.05, 0) is 41.2 Å². The zero-order valence-electron chi connectivity index (χ0n) is 12.7. The molecule has 1 saturated heterocycles. The third kappa shape index (κ3) is 2.81. The Hall–Kier alpha value is -2.37. The average Bonchev–Trinajstić information content (AvgIpc) is 3.12. The lowest BCUT2D eigenvalue weighted by Crippen LogP contribution is -2.31. The Balaban J connectivity index is 1.76. The van der Waals surface area contributed by atoms with Crippen LogP contribution in [0.1, 0.15) is 24.8 Å². The van der Waals surface area contributed by atoms with Crippen molar-refractivity contribution in [1.82, 2.24) is 9.55 Å². The van der Waals surface area contributed by atoms with Crippen molar-refractivity contribution in [2.45, 2.75) is 31.7 Å². The topological polar surface area (TPSA) is 64.2 Å². The van der Waals surface area contributed by atoms with E-state index in [1.54, 1.807) is 4.57 Å². The molecule has 6 heteroatoms. The van der Waals surface area contributed by atoms with E-state index >= 15 is 0 Å². The van der Waals surface area contributed by atoms with Gasteiger partial charge in [-0.15, -0.1) is 0 Å². The van der Waals surface area contributed by atoms with Gasteiger partial charge < -0.3 is 15.0 Å². The number of nitrogens with zero attached hydrogens (tertiary/aromatic N) is 4. The zero-order valence-corrected chi connectivity index (χ0v) is 12.7. The highest BCUT2D eigenvalue weighted by molar-refractivity contribution is 5.56. The quantitative estimate of drug-likeness (QED) is 0.629. The van der Waals surface area contributed by atoms with Gasteiger partial charge in [-0.25, -0.2) is 0 Å². The molecule has 2 heterocycles. The summed E-state index contributed by atoms with van der Waals surface area (Å²) in [7, 11) is 1.82. The monoisotopic (exact) mass is 300 g/mol. The van der Waals surface area contributed by atoms with Crippen LogP contribution in [0.15, 0.2) is 36.7 Å². The normalized spacial score (nSPS) is 17.9. The van der Waals surface area contributed by atoms with E-state index in [2.05, 4.69) is 22.0 Å². The van der Waals surface area contributed by atoms with Crippen LogP contribution in [0, 0.1) is 10.1 Å². The molecule has 1 aliphatic rings. The van der Waals surface area contributed by atoms with E-state index in [0.717, 1.165) is 32.2 Å². The van der Waals surface area contributed by atoms with Gasteiger partial charge in [-0.2, -0.15) is 0 Å². The van der Waals surface area contributed by atoms with E-state index in [1.165, 1.54) is 11.9 Å². The minimum absolute atomic E-state index is 0.0332. The first-order chi connectivity index (χ1) is 10.7. The second kappa shape index (κ2) is 6.17. The smallest absolute Gasteiger partial charge is 0.358 e. The molecule has 1 fully saturated rings. The molecule has 0 spiro atoms. The Morgan fingerprint density at radius 2 is 2.14 bits per heavy atom. The van der Waals surface area contributed by atoms with Crippen LogP contribution in [0.25, 0.3) is 0 Å². The summed E-state index contributed by atoms with van der Waals surface area (Å²) in [6.45, 7) is 0.861. The maximum Gasteiger partial charge on any atom is 0.406 e. The van der Waals surface area contributed by atoms with Gasteiger partial charge in [0.1, 0.15) is 0 Å². The minimum Gasteiger partial charge on any atom is -0.358 e. The van der Waals surface area contributed by atoms with Crippen LogP contribution in [-0.2, 0) is 13.5 Å². The van der Waals surface area contributed by atoms with Crippen molar-refractivity contribution in [2.75, 3.05) is 11.4 Å². The summed E-state index contributed by atoms with van der Waals surface area (Å²) >= 11 is 0. The van der Waals surface area contributed by atoms with E-state index < -0.39 is 0 Å². The van der Waals surface area contributed by atoms with E-state index in [4.69, 9.17) is 0 Å². The summed E-state index contributed by atoms with van der Waals surface area (Å²) in [5, 5.41) is 11.2. The molecule has 0 unspecified atom stereocenters. The van der Waals surface area contributed by atoms with E-state index in [-0.39, 0.29) is 10.7 Å². The van der Waals surface area contributed by atoms with E-state index in [1.807, 2.05) is 25.2 Å². The molecule has 0 saturated carbocycles. The van der Waals surface area contributed by atoms with Crippen LogP contribution in [0.4, 0.5) is 11.6 Å². The fourth-order valence-electron chi connectivity index (χ4n) is 3.26. The second-order valence-corrected chi connectivity index (χ2v) is 5.77. The highest BCUT2D eigenvalue weighted by atomic mass is 16.6. The number of anilines is 1. The van der Waals surface area contributed by atoms with Crippen molar-refractivity contribution in [3.05, 3.63) is 52.3 Å². The second-order valence-electron chi connectivity index (χ2n) is 5.77. The van der Waals surface area contributed by atoms with Gasteiger partial charge in [0.15, 0.2) is 0 Å². The van der Waals surface area contributed by atoms with Gasteiger partial charge in [-0.3, -0.25) is 4.57 Å². The molecule has 0 bridgehead atoms. The SMILES string of the molecule is Cn1cnc([N+](=O)[O-])c1N1CCC[C@H]1CCc1ccccc1. The Kier molecular flexibility index (Phi) is 4.09. The number of aromatic nitrogens is 2. The molecule has 1 atom stereocenters. The summed E-state index contributed by atoms with van der Waals surface area (Å²) in [4.78, 5) is 16.9. The molecule has 3 rings (SSSR count). The van der Waals surface area contributed by atoms with Crippen LogP contribution in [0.5, 0.6) is 0 Å². The van der Waals surface area contributed by atoms with Crippen molar-refractivity contribution in [3.8, 4) is 0 Å². The average molecular weight is 300 g/mol. The van der Waals surface area contributed by atoms with Crippen LogP contribution >= 0.6 is 0 Å². The number of aryl methyl sites for hydroxylation is 2. The molecule has 6 nitrogen and oxygen atoms in total. The Bertz CT molecular complexity index is 653. The Labute approximate surface area is 129 Å². The first-order valence-corrected chi connectivity index (χ1v) is 7.63. The molecule has 1 aromatic heterocycles. The summed E-state index contributed by atoms with van der Waals surface area (Å²) in [5.41, 5.74) is 1.31. The number of benzene rings is 1. The standard InChI is InChI=1S/C16H20N4O2/c1-18-12-17-15(20(21)22)16(18)19-11-5-8-14(19)10-9-13-6-3-2-4-7-13/h2-4,6-7,12,14H,5,8-11H2,1H3/t14-/m0/s1.